The van der Waals surface area contributed by atoms with Gasteiger partial charge in [0.2, 0.25) is 0 Å². The van der Waals surface area contributed by atoms with E-state index < -0.39 is 0 Å². The lowest BCUT2D eigenvalue weighted by molar-refractivity contribution is 0.384. The van der Waals surface area contributed by atoms with E-state index in [0.29, 0.717) is 6.54 Å². The summed E-state index contributed by atoms with van der Waals surface area (Å²) in [6, 6.07) is 1.84. The Morgan fingerprint density at radius 1 is 1.67 bits per heavy atom. The average Bonchev–Trinajstić information content (AvgIpc) is 2.65. The van der Waals surface area contributed by atoms with E-state index in [1.165, 1.54) is 6.42 Å². The highest BCUT2D eigenvalue weighted by Gasteiger charge is 2.23. The van der Waals surface area contributed by atoms with E-state index in [1.807, 2.05) is 6.07 Å². The molecule has 1 aromatic heterocycles. The summed E-state index contributed by atoms with van der Waals surface area (Å²) in [5.41, 5.74) is 0.158. The van der Waals surface area contributed by atoms with Crippen molar-refractivity contribution in [2.24, 2.45) is 4.99 Å². The van der Waals surface area contributed by atoms with E-state index in [-0.39, 0.29) is 5.54 Å². The first-order chi connectivity index (χ1) is 7.16. The van der Waals surface area contributed by atoms with Gasteiger partial charge in [-0.2, -0.15) is 0 Å². The molecule has 1 aliphatic heterocycles. The molecule has 1 N–H and O–H groups in total. The second kappa shape index (κ2) is 4.26. The molecular formula is C10H15N3OS. The van der Waals surface area contributed by atoms with E-state index in [1.54, 1.807) is 18.0 Å². The summed E-state index contributed by atoms with van der Waals surface area (Å²) in [4.78, 5) is 4.46. The molecule has 2 rings (SSSR count). The lowest BCUT2D eigenvalue weighted by atomic mass is 10.0. The molecule has 0 aromatic carbocycles. The predicted octanol–water partition coefficient (Wildman–Crippen LogP) is 2.04. The van der Waals surface area contributed by atoms with E-state index in [2.05, 4.69) is 29.3 Å². The Bertz CT molecular complexity index is 346. The Morgan fingerprint density at radius 2 is 2.53 bits per heavy atom. The van der Waals surface area contributed by atoms with Crippen LogP contribution in [0.3, 0.4) is 0 Å². The van der Waals surface area contributed by atoms with Crippen LogP contribution in [0.4, 0.5) is 0 Å². The van der Waals surface area contributed by atoms with Crippen molar-refractivity contribution in [3.05, 3.63) is 18.0 Å². The molecule has 0 aliphatic carbocycles. The molecular weight excluding hydrogens is 210 g/mol. The van der Waals surface area contributed by atoms with Crippen LogP contribution < -0.4 is 5.32 Å². The normalized spacial score (nSPS) is 22.7. The van der Waals surface area contributed by atoms with E-state index in [9.17, 15) is 0 Å². The van der Waals surface area contributed by atoms with Crippen LogP contribution in [0.1, 0.15) is 26.0 Å². The SMILES string of the molecule is CC1(C)CCSC(=NCc2ccno2)N1. The topological polar surface area (TPSA) is 50.4 Å². The highest BCUT2D eigenvalue weighted by atomic mass is 32.2. The van der Waals surface area contributed by atoms with Crippen molar-refractivity contribution in [1.29, 1.82) is 0 Å². The van der Waals surface area contributed by atoms with E-state index in [4.69, 9.17) is 4.52 Å². The third-order valence-electron chi connectivity index (χ3n) is 2.28. The molecule has 0 unspecified atom stereocenters. The van der Waals surface area contributed by atoms with Crippen LogP contribution in [0, 0.1) is 0 Å². The third-order valence-corrected chi connectivity index (χ3v) is 3.19. The van der Waals surface area contributed by atoms with Crippen LogP contribution in [-0.4, -0.2) is 21.6 Å². The molecule has 0 spiro atoms. The van der Waals surface area contributed by atoms with Gasteiger partial charge in [0.15, 0.2) is 10.9 Å². The number of aliphatic imine (C=N–C) groups is 1. The summed E-state index contributed by atoms with van der Waals surface area (Å²) in [5.74, 6) is 1.92. The molecule has 0 atom stereocenters. The summed E-state index contributed by atoms with van der Waals surface area (Å²) in [7, 11) is 0. The molecule has 5 heteroatoms. The summed E-state index contributed by atoms with van der Waals surface area (Å²) < 4.78 is 4.98. The van der Waals surface area contributed by atoms with Crippen LogP contribution in [-0.2, 0) is 6.54 Å². The predicted molar refractivity (Wildman–Crippen MR) is 61.9 cm³/mol. The molecule has 0 bridgehead atoms. The molecule has 0 amide bonds. The maximum Gasteiger partial charge on any atom is 0.158 e. The smallest absolute Gasteiger partial charge is 0.158 e. The molecule has 1 aromatic rings. The van der Waals surface area contributed by atoms with Crippen LogP contribution >= 0.6 is 11.8 Å². The van der Waals surface area contributed by atoms with Gasteiger partial charge in [-0.1, -0.05) is 16.9 Å². The maximum absolute atomic E-state index is 4.98. The van der Waals surface area contributed by atoms with Gasteiger partial charge in [-0.3, -0.25) is 4.99 Å². The van der Waals surface area contributed by atoms with Crippen LogP contribution in [0.25, 0.3) is 0 Å². The van der Waals surface area contributed by atoms with Crippen molar-refractivity contribution in [3.8, 4) is 0 Å². The zero-order valence-corrected chi connectivity index (χ0v) is 9.80. The van der Waals surface area contributed by atoms with Crippen LogP contribution in [0.2, 0.25) is 0 Å². The summed E-state index contributed by atoms with van der Waals surface area (Å²) in [5, 5.41) is 8.05. The fraction of sp³-hybridized carbons (Fsp3) is 0.600. The summed E-state index contributed by atoms with van der Waals surface area (Å²) in [6.07, 6.45) is 2.81. The maximum atomic E-state index is 4.98. The van der Waals surface area contributed by atoms with Crippen molar-refractivity contribution in [3.63, 3.8) is 0 Å². The number of hydrogen-bond donors (Lipinski definition) is 1. The highest BCUT2D eigenvalue weighted by Crippen LogP contribution is 2.21. The monoisotopic (exact) mass is 225 g/mol. The van der Waals surface area contributed by atoms with Crippen molar-refractivity contribution in [2.45, 2.75) is 32.4 Å². The van der Waals surface area contributed by atoms with Crippen molar-refractivity contribution in [1.82, 2.24) is 10.5 Å². The molecule has 4 nitrogen and oxygen atoms in total. The molecule has 0 radical (unpaired) electrons. The fourth-order valence-electron chi connectivity index (χ4n) is 1.35. The second-order valence-corrected chi connectivity index (χ2v) is 5.29. The Morgan fingerprint density at radius 3 is 3.20 bits per heavy atom. The average molecular weight is 225 g/mol. The zero-order valence-electron chi connectivity index (χ0n) is 8.99. The lowest BCUT2D eigenvalue weighted by Crippen LogP contribution is -2.46. The van der Waals surface area contributed by atoms with Gasteiger partial charge in [0.05, 0.1) is 6.20 Å². The van der Waals surface area contributed by atoms with Gasteiger partial charge in [0, 0.05) is 17.4 Å². The first-order valence-corrected chi connectivity index (χ1v) is 5.99. The second-order valence-electron chi connectivity index (χ2n) is 4.21. The third kappa shape index (κ3) is 2.99. The molecule has 1 fully saturated rings. The lowest BCUT2D eigenvalue weighted by Gasteiger charge is -2.32. The molecule has 15 heavy (non-hydrogen) atoms. The van der Waals surface area contributed by atoms with Gasteiger partial charge in [-0.15, -0.1) is 0 Å². The molecule has 2 heterocycles. The molecule has 1 saturated heterocycles. The van der Waals surface area contributed by atoms with Gasteiger partial charge in [0.25, 0.3) is 0 Å². The van der Waals surface area contributed by atoms with Gasteiger partial charge < -0.3 is 9.84 Å². The quantitative estimate of drug-likeness (QED) is 0.836. The van der Waals surface area contributed by atoms with Gasteiger partial charge in [0.1, 0.15) is 6.54 Å². The fourth-order valence-corrected chi connectivity index (χ4v) is 2.66. The number of amidine groups is 1. The Labute approximate surface area is 93.5 Å². The number of hydrogen-bond acceptors (Lipinski definition) is 4. The standard InChI is InChI=1S/C10H15N3OS/c1-10(2)4-6-15-9(13-10)11-7-8-3-5-12-14-8/h3,5H,4,6-7H2,1-2H3,(H,11,13). The Kier molecular flexibility index (Phi) is 3.00. The first kappa shape index (κ1) is 10.5. The minimum absolute atomic E-state index is 0.158. The zero-order chi connectivity index (χ0) is 10.7. The van der Waals surface area contributed by atoms with E-state index >= 15 is 0 Å². The molecule has 0 saturated carbocycles. The van der Waals surface area contributed by atoms with Gasteiger partial charge in [-0.05, 0) is 20.3 Å². The summed E-state index contributed by atoms with van der Waals surface area (Å²) >= 11 is 1.76. The highest BCUT2D eigenvalue weighted by molar-refractivity contribution is 8.13. The number of nitrogens with zero attached hydrogens (tertiary/aromatic N) is 2. The van der Waals surface area contributed by atoms with Gasteiger partial charge >= 0.3 is 0 Å². The van der Waals surface area contributed by atoms with Crippen LogP contribution in [0.5, 0.6) is 0 Å². The number of thioether (sulfide) groups is 1. The number of aromatic nitrogens is 1. The Hall–Kier alpha value is -0.970. The largest absolute Gasteiger partial charge is 0.360 e. The number of rotatable bonds is 2. The van der Waals surface area contributed by atoms with E-state index in [0.717, 1.165) is 16.7 Å². The molecule has 82 valence electrons. The minimum Gasteiger partial charge on any atom is -0.360 e. The molecule has 1 aliphatic rings. The first-order valence-electron chi connectivity index (χ1n) is 5.01. The minimum atomic E-state index is 0.158. The van der Waals surface area contributed by atoms with Crippen molar-refractivity contribution >= 4 is 16.9 Å². The van der Waals surface area contributed by atoms with Crippen LogP contribution in [0.15, 0.2) is 21.8 Å². The number of nitrogens with one attached hydrogen (secondary N) is 1. The van der Waals surface area contributed by atoms with Crippen molar-refractivity contribution < 1.29 is 4.52 Å². The van der Waals surface area contributed by atoms with Crippen molar-refractivity contribution in [2.75, 3.05) is 5.75 Å². The Balaban J connectivity index is 1.95. The summed E-state index contributed by atoms with van der Waals surface area (Å²) in [6.45, 7) is 4.94. The van der Waals surface area contributed by atoms with Gasteiger partial charge in [-0.25, -0.2) is 0 Å².